The number of likely N-dealkylation sites (tertiary alicyclic amines) is 1. The third-order valence-electron chi connectivity index (χ3n) is 4.39. The molecular formula is C15H22N4O3. The number of piperidine rings is 1. The molecule has 1 saturated heterocycles. The first-order valence-electron chi connectivity index (χ1n) is 7.60. The Morgan fingerprint density at radius 1 is 1.41 bits per heavy atom. The minimum absolute atomic E-state index is 0.148. The van der Waals surface area contributed by atoms with Crippen molar-refractivity contribution < 1.29 is 14.3 Å². The maximum Gasteiger partial charge on any atom is 0.314 e. The van der Waals surface area contributed by atoms with Crippen LogP contribution >= 0.6 is 0 Å². The van der Waals surface area contributed by atoms with Crippen LogP contribution in [0.25, 0.3) is 0 Å². The molecule has 0 aromatic carbocycles. The van der Waals surface area contributed by atoms with Crippen LogP contribution in [0.2, 0.25) is 0 Å². The van der Waals surface area contributed by atoms with Gasteiger partial charge < -0.3 is 14.4 Å². The molecule has 1 aromatic heterocycles. The monoisotopic (exact) mass is 306 g/mol. The first kappa shape index (κ1) is 15.0. The number of aryl methyl sites for hydroxylation is 1. The molecule has 3 heterocycles. The first-order valence-corrected chi connectivity index (χ1v) is 7.60. The zero-order valence-electron chi connectivity index (χ0n) is 13.3. The second-order valence-corrected chi connectivity index (χ2v) is 5.99. The Morgan fingerprint density at radius 3 is 2.73 bits per heavy atom. The van der Waals surface area contributed by atoms with Gasteiger partial charge in [-0.25, -0.2) is 4.68 Å². The lowest BCUT2D eigenvalue weighted by Gasteiger charge is -2.41. The van der Waals surface area contributed by atoms with Gasteiger partial charge in [-0.3, -0.25) is 4.79 Å². The summed E-state index contributed by atoms with van der Waals surface area (Å²) in [5.41, 5.74) is 1.19. The topological polar surface area (TPSA) is 69.5 Å². The standard InChI is InChI=1S/C15H22N4O3/c1-11-4-9-22-15(10-11)5-7-19(8-6-15)13(20)12-16-14(21-3)18(2)17-12/h10H,4-9H2,1-3H3. The van der Waals surface area contributed by atoms with E-state index in [0.29, 0.717) is 19.1 Å². The summed E-state index contributed by atoms with van der Waals surface area (Å²) in [7, 11) is 3.22. The number of amides is 1. The Morgan fingerprint density at radius 2 is 2.14 bits per heavy atom. The molecule has 3 rings (SSSR count). The van der Waals surface area contributed by atoms with Gasteiger partial charge in [0.1, 0.15) is 0 Å². The first-order chi connectivity index (χ1) is 10.5. The van der Waals surface area contributed by atoms with Crippen molar-refractivity contribution in [3.05, 3.63) is 17.5 Å². The van der Waals surface area contributed by atoms with Crippen LogP contribution in [0.3, 0.4) is 0 Å². The Kier molecular flexibility index (Phi) is 3.90. The molecule has 120 valence electrons. The van der Waals surface area contributed by atoms with Gasteiger partial charge in [-0.05, 0) is 26.2 Å². The molecule has 1 fully saturated rings. The summed E-state index contributed by atoms with van der Waals surface area (Å²) in [6.07, 6.45) is 4.88. The number of hydrogen-bond donors (Lipinski definition) is 0. The van der Waals surface area contributed by atoms with Crippen LogP contribution in [0, 0.1) is 0 Å². The average molecular weight is 306 g/mol. The summed E-state index contributed by atoms with van der Waals surface area (Å²) < 4.78 is 12.5. The van der Waals surface area contributed by atoms with Gasteiger partial charge in [0.2, 0.25) is 5.82 Å². The second kappa shape index (κ2) is 5.72. The number of rotatable bonds is 2. The van der Waals surface area contributed by atoms with Gasteiger partial charge in [0, 0.05) is 20.1 Å². The van der Waals surface area contributed by atoms with E-state index in [1.54, 1.807) is 11.9 Å². The van der Waals surface area contributed by atoms with Crippen LogP contribution in [-0.2, 0) is 11.8 Å². The van der Waals surface area contributed by atoms with Gasteiger partial charge in [-0.15, -0.1) is 5.10 Å². The fourth-order valence-electron chi connectivity index (χ4n) is 3.14. The fraction of sp³-hybridized carbons (Fsp3) is 0.667. The molecule has 0 bridgehead atoms. The van der Waals surface area contributed by atoms with E-state index in [1.165, 1.54) is 17.4 Å². The Labute approximate surface area is 129 Å². The van der Waals surface area contributed by atoms with Crippen molar-refractivity contribution in [1.82, 2.24) is 19.7 Å². The third kappa shape index (κ3) is 2.72. The van der Waals surface area contributed by atoms with Gasteiger partial charge in [-0.1, -0.05) is 11.6 Å². The van der Waals surface area contributed by atoms with Crippen molar-refractivity contribution in [2.45, 2.75) is 31.8 Å². The van der Waals surface area contributed by atoms with Crippen molar-refractivity contribution in [2.24, 2.45) is 7.05 Å². The van der Waals surface area contributed by atoms with Gasteiger partial charge in [-0.2, -0.15) is 4.98 Å². The van der Waals surface area contributed by atoms with E-state index in [2.05, 4.69) is 23.1 Å². The number of hydrogen-bond acceptors (Lipinski definition) is 5. The number of ether oxygens (including phenoxy) is 2. The van der Waals surface area contributed by atoms with E-state index in [9.17, 15) is 4.79 Å². The van der Waals surface area contributed by atoms with Gasteiger partial charge in [0.05, 0.1) is 19.3 Å². The molecule has 0 radical (unpaired) electrons. The van der Waals surface area contributed by atoms with Crippen molar-refractivity contribution in [1.29, 1.82) is 0 Å². The Balaban J connectivity index is 1.68. The summed E-state index contributed by atoms with van der Waals surface area (Å²) in [5, 5.41) is 4.12. The average Bonchev–Trinajstić information content (AvgIpc) is 2.88. The Bertz CT molecular complexity index is 600. The maximum atomic E-state index is 12.5. The lowest BCUT2D eigenvalue weighted by atomic mass is 9.87. The molecule has 1 amide bonds. The predicted molar refractivity (Wildman–Crippen MR) is 79.7 cm³/mol. The van der Waals surface area contributed by atoms with Crippen LogP contribution in [0.4, 0.5) is 0 Å². The highest BCUT2D eigenvalue weighted by Crippen LogP contribution is 2.33. The molecule has 22 heavy (non-hydrogen) atoms. The van der Waals surface area contributed by atoms with Crippen LogP contribution in [0.15, 0.2) is 11.6 Å². The van der Waals surface area contributed by atoms with Crippen molar-refractivity contribution >= 4 is 5.91 Å². The van der Waals surface area contributed by atoms with E-state index in [4.69, 9.17) is 9.47 Å². The molecule has 0 atom stereocenters. The fourth-order valence-corrected chi connectivity index (χ4v) is 3.14. The van der Waals surface area contributed by atoms with Crippen molar-refractivity contribution in [3.8, 4) is 6.01 Å². The summed E-state index contributed by atoms with van der Waals surface area (Å²) in [6, 6.07) is 0.339. The molecule has 2 aliphatic rings. The SMILES string of the molecule is COc1nc(C(=O)N2CCC3(C=C(C)CCO3)CC2)nn1C. The van der Waals surface area contributed by atoms with E-state index < -0.39 is 0 Å². The maximum absolute atomic E-state index is 12.5. The highest BCUT2D eigenvalue weighted by atomic mass is 16.5. The third-order valence-corrected chi connectivity index (χ3v) is 4.39. The molecule has 0 aliphatic carbocycles. The lowest BCUT2D eigenvalue weighted by molar-refractivity contribution is -0.0523. The molecule has 1 aromatic rings. The number of methoxy groups -OCH3 is 1. The Hall–Kier alpha value is -1.89. The van der Waals surface area contributed by atoms with Crippen LogP contribution in [0.5, 0.6) is 6.01 Å². The second-order valence-electron chi connectivity index (χ2n) is 5.99. The van der Waals surface area contributed by atoms with E-state index in [0.717, 1.165) is 25.9 Å². The molecule has 0 N–H and O–H groups in total. The normalized spacial score (nSPS) is 20.9. The van der Waals surface area contributed by atoms with Crippen molar-refractivity contribution in [2.75, 3.05) is 26.8 Å². The van der Waals surface area contributed by atoms with Crippen LogP contribution in [0.1, 0.15) is 36.8 Å². The van der Waals surface area contributed by atoms with Crippen molar-refractivity contribution in [3.63, 3.8) is 0 Å². The molecule has 2 aliphatic heterocycles. The lowest BCUT2D eigenvalue weighted by Crippen LogP contribution is -2.48. The molecule has 0 unspecified atom stereocenters. The number of nitrogens with zero attached hydrogens (tertiary/aromatic N) is 4. The summed E-state index contributed by atoms with van der Waals surface area (Å²) >= 11 is 0. The molecule has 7 heteroatoms. The van der Waals surface area contributed by atoms with Gasteiger partial charge >= 0.3 is 6.01 Å². The number of carbonyl (C=O) groups is 1. The van der Waals surface area contributed by atoms with Crippen LogP contribution < -0.4 is 4.74 Å². The van der Waals surface area contributed by atoms with E-state index in [1.807, 2.05) is 0 Å². The van der Waals surface area contributed by atoms with Gasteiger partial charge in [0.15, 0.2) is 0 Å². The zero-order valence-corrected chi connectivity index (χ0v) is 13.3. The molecule has 7 nitrogen and oxygen atoms in total. The largest absolute Gasteiger partial charge is 0.467 e. The predicted octanol–water partition coefficient (Wildman–Crippen LogP) is 1.17. The quantitative estimate of drug-likeness (QED) is 0.767. The molecular weight excluding hydrogens is 284 g/mol. The summed E-state index contributed by atoms with van der Waals surface area (Å²) in [6.45, 7) is 4.23. The zero-order chi connectivity index (χ0) is 15.7. The number of carbonyl (C=O) groups excluding carboxylic acids is 1. The summed E-state index contributed by atoms with van der Waals surface area (Å²) in [4.78, 5) is 18.4. The highest BCUT2D eigenvalue weighted by molar-refractivity contribution is 5.90. The highest BCUT2D eigenvalue weighted by Gasteiger charge is 2.37. The minimum Gasteiger partial charge on any atom is -0.467 e. The number of aromatic nitrogens is 3. The van der Waals surface area contributed by atoms with E-state index in [-0.39, 0.29) is 17.3 Å². The minimum atomic E-state index is -0.186. The smallest absolute Gasteiger partial charge is 0.314 e. The van der Waals surface area contributed by atoms with Gasteiger partial charge in [0.25, 0.3) is 5.91 Å². The molecule has 0 saturated carbocycles. The summed E-state index contributed by atoms with van der Waals surface area (Å²) in [5.74, 6) is 0.0387. The molecule has 1 spiro atoms. The van der Waals surface area contributed by atoms with Crippen LogP contribution in [-0.4, -0.2) is 58.0 Å². The van der Waals surface area contributed by atoms with E-state index >= 15 is 0 Å².